The van der Waals surface area contributed by atoms with Crippen LogP contribution in [0.4, 0.5) is 5.69 Å². The van der Waals surface area contributed by atoms with E-state index < -0.39 is 10.0 Å². The maximum absolute atomic E-state index is 12.8. The van der Waals surface area contributed by atoms with Gasteiger partial charge in [0.2, 0.25) is 21.8 Å². The van der Waals surface area contributed by atoms with Gasteiger partial charge in [-0.15, -0.1) is 11.8 Å². The Morgan fingerprint density at radius 3 is 2.62 bits per heavy atom. The highest BCUT2D eigenvalue weighted by Crippen LogP contribution is 2.29. The molecule has 0 aliphatic carbocycles. The number of benzene rings is 1. The predicted molar refractivity (Wildman–Crippen MR) is 102 cm³/mol. The van der Waals surface area contributed by atoms with Crippen molar-refractivity contribution in [1.82, 2.24) is 9.21 Å². The molecule has 0 saturated carbocycles. The third kappa shape index (κ3) is 4.33. The van der Waals surface area contributed by atoms with Crippen LogP contribution in [0.25, 0.3) is 0 Å². The van der Waals surface area contributed by atoms with Crippen LogP contribution in [0.3, 0.4) is 0 Å². The first kappa shape index (κ1) is 19.5. The summed E-state index contributed by atoms with van der Waals surface area (Å²) in [6.45, 7) is 0.899. The zero-order valence-electron chi connectivity index (χ0n) is 14.1. The van der Waals surface area contributed by atoms with E-state index in [1.54, 1.807) is 6.07 Å². The Labute approximate surface area is 162 Å². The van der Waals surface area contributed by atoms with Crippen LogP contribution in [0.15, 0.2) is 23.1 Å². The van der Waals surface area contributed by atoms with E-state index in [9.17, 15) is 18.0 Å². The van der Waals surface area contributed by atoms with Crippen LogP contribution < -0.4 is 5.32 Å². The average Bonchev–Trinajstić information content (AvgIpc) is 3.02. The number of hydrogen-bond donors (Lipinski definition) is 1. The normalized spacial score (nSPS) is 19.0. The zero-order chi connectivity index (χ0) is 18.7. The van der Waals surface area contributed by atoms with Crippen LogP contribution in [0.5, 0.6) is 0 Å². The minimum Gasteiger partial charge on any atom is -0.325 e. The Morgan fingerprint density at radius 1 is 1.23 bits per heavy atom. The van der Waals surface area contributed by atoms with E-state index in [4.69, 9.17) is 11.6 Å². The Bertz CT molecular complexity index is 810. The minimum atomic E-state index is -3.70. The van der Waals surface area contributed by atoms with E-state index in [2.05, 4.69) is 5.32 Å². The number of piperidine rings is 1. The number of hydrogen-bond acceptors (Lipinski definition) is 5. The van der Waals surface area contributed by atoms with Crippen LogP contribution >= 0.6 is 23.4 Å². The average molecular weight is 418 g/mol. The highest BCUT2D eigenvalue weighted by atomic mass is 35.5. The lowest BCUT2D eigenvalue weighted by molar-refractivity contribution is -0.130. The molecule has 1 N–H and O–H groups in total. The lowest BCUT2D eigenvalue weighted by atomic mass is 10.2. The van der Waals surface area contributed by atoms with Gasteiger partial charge in [0.15, 0.2) is 0 Å². The van der Waals surface area contributed by atoms with Crippen LogP contribution in [-0.4, -0.2) is 60.7 Å². The number of rotatable bonds is 5. The number of nitrogens with one attached hydrogen (secondary N) is 1. The summed E-state index contributed by atoms with van der Waals surface area (Å²) in [5.74, 6) is 0.424. The number of anilines is 1. The number of thioether (sulfide) groups is 1. The molecule has 2 amide bonds. The molecule has 2 fully saturated rings. The molecule has 3 rings (SSSR count). The summed E-state index contributed by atoms with van der Waals surface area (Å²) in [5, 5.41) is 2.77. The Morgan fingerprint density at radius 2 is 1.96 bits per heavy atom. The topological polar surface area (TPSA) is 86.8 Å². The van der Waals surface area contributed by atoms with Crippen molar-refractivity contribution >= 4 is 50.9 Å². The van der Waals surface area contributed by atoms with Crippen LogP contribution in [-0.2, 0) is 19.6 Å². The second kappa shape index (κ2) is 8.16. The maximum atomic E-state index is 12.8. The molecule has 1 aromatic rings. The third-order valence-electron chi connectivity index (χ3n) is 4.31. The highest BCUT2D eigenvalue weighted by molar-refractivity contribution is 8.00. The molecule has 0 bridgehead atoms. The first-order valence-electron chi connectivity index (χ1n) is 8.33. The second-order valence-corrected chi connectivity index (χ2v) is 9.50. The van der Waals surface area contributed by atoms with Crippen LogP contribution in [0.1, 0.15) is 19.3 Å². The minimum absolute atomic E-state index is 0.00771. The van der Waals surface area contributed by atoms with E-state index >= 15 is 0 Å². The van der Waals surface area contributed by atoms with Gasteiger partial charge in [0.25, 0.3) is 0 Å². The summed E-state index contributed by atoms with van der Waals surface area (Å²) >= 11 is 7.58. The summed E-state index contributed by atoms with van der Waals surface area (Å²) in [6.07, 6.45) is 2.67. The van der Waals surface area contributed by atoms with Gasteiger partial charge < -0.3 is 10.2 Å². The van der Waals surface area contributed by atoms with E-state index in [0.717, 1.165) is 19.3 Å². The number of sulfonamides is 1. The van der Waals surface area contributed by atoms with Crippen molar-refractivity contribution in [2.75, 3.05) is 36.6 Å². The summed E-state index contributed by atoms with van der Waals surface area (Å²) in [5.41, 5.74) is 0.342. The van der Waals surface area contributed by atoms with Gasteiger partial charge in [-0.2, -0.15) is 4.31 Å². The molecule has 142 valence electrons. The standard InChI is InChI=1S/C16H20ClN3O4S2/c17-13-5-4-12(18-15(21)9-19-11-25-10-16(19)22)8-14(13)26(23,24)20-6-2-1-3-7-20/h4-5,8H,1-3,6-7,9-11H2,(H,18,21). The van der Waals surface area contributed by atoms with Gasteiger partial charge in [0, 0.05) is 18.8 Å². The molecule has 10 heteroatoms. The summed E-state index contributed by atoms with van der Waals surface area (Å²) in [4.78, 5) is 25.2. The van der Waals surface area contributed by atoms with Gasteiger partial charge in [-0.25, -0.2) is 8.42 Å². The molecule has 0 radical (unpaired) electrons. The first-order chi connectivity index (χ1) is 12.4. The summed E-state index contributed by atoms with van der Waals surface area (Å²) in [6, 6.07) is 4.39. The molecule has 0 atom stereocenters. The number of halogens is 1. The summed E-state index contributed by atoms with van der Waals surface area (Å²) < 4.78 is 27.1. The fourth-order valence-electron chi connectivity index (χ4n) is 2.94. The van der Waals surface area contributed by atoms with E-state index in [1.165, 1.54) is 33.1 Å². The van der Waals surface area contributed by atoms with E-state index in [1.807, 2.05) is 0 Å². The molecule has 2 aliphatic heterocycles. The molecule has 0 unspecified atom stereocenters. The Kier molecular flexibility index (Phi) is 6.11. The largest absolute Gasteiger partial charge is 0.325 e. The Hall–Kier alpha value is -1.29. The molecule has 0 spiro atoms. The molecule has 1 aromatic carbocycles. The SMILES string of the molecule is O=C(CN1CSCC1=O)Nc1ccc(Cl)c(S(=O)(=O)N2CCCCC2)c1. The molecule has 7 nitrogen and oxygen atoms in total. The molecule has 2 heterocycles. The monoisotopic (exact) mass is 417 g/mol. The quantitative estimate of drug-likeness (QED) is 0.791. The second-order valence-electron chi connectivity index (χ2n) is 6.23. The molecule has 0 aromatic heterocycles. The van der Waals surface area contributed by atoms with Crippen LogP contribution in [0.2, 0.25) is 5.02 Å². The lowest BCUT2D eigenvalue weighted by Crippen LogP contribution is -2.36. The molecule has 2 aliphatic rings. The van der Waals surface area contributed by atoms with Crippen molar-refractivity contribution in [1.29, 1.82) is 0 Å². The Balaban J connectivity index is 1.74. The van der Waals surface area contributed by atoms with Gasteiger partial charge in [-0.1, -0.05) is 18.0 Å². The van der Waals surface area contributed by atoms with E-state index in [0.29, 0.717) is 30.4 Å². The number of nitrogens with zero attached hydrogens (tertiary/aromatic N) is 2. The van der Waals surface area contributed by atoms with Crippen molar-refractivity contribution in [3.05, 3.63) is 23.2 Å². The van der Waals surface area contributed by atoms with Gasteiger partial charge in [0.1, 0.15) is 11.4 Å². The van der Waals surface area contributed by atoms with E-state index in [-0.39, 0.29) is 28.3 Å². The number of carbonyl (C=O) groups is 2. The smallest absolute Gasteiger partial charge is 0.244 e. The molecular formula is C16H20ClN3O4S2. The fraction of sp³-hybridized carbons (Fsp3) is 0.500. The molecule has 2 saturated heterocycles. The molecular weight excluding hydrogens is 398 g/mol. The van der Waals surface area contributed by atoms with Crippen molar-refractivity contribution in [2.45, 2.75) is 24.2 Å². The van der Waals surface area contributed by atoms with Crippen molar-refractivity contribution in [2.24, 2.45) is 0 Å². The predicted octanol–water partition coefficient (Wildman–Crippen LogP) is 1.99. The lowest BCUT2D eigenvalue weighted by Gasteiger charge is -2.26. The van der Waals surface area contributed by atoms with Gasteiger partial charge in [0.05, 0.1) is 16.7 Å². The van der Waals surface area contributed by atoms with Gasteiger partial charge >= 0.3 is 0 Å². The van der Waals surface area contributed by atoms with Crippen molar-refractivity contribution in [3.8, 4) is 0 Å². The fourth-order valence-corrected chi connectivity index (χ4v) is 5.86. The van der Waals surface area contributed by atoms with Crippen molar-refractivity contribution in [3.63, 3.8) is 0 Å². The molecule has 26 heavy (non-hydrogen) atoms. The number of amides is 2. The maximum Gasteiger partial charge on any atom is 0.244 e. The van der Waals surface area contributed by atoms with Gasteiger partial charge in [-0.3, -0.25) is 9.59 Å². The van der Waals surface area contributed by atoms with Crippen molar-refractivity contribution < 1.29 is 18.0 Å². The highest BCUT2D eigenvalue weighted by Gasteiger charge is 2.28. The third-order valence-corrected chi connectivity index (χ3v) is 7.63. The first-order valence-corrected chi connectivity index (χ1v) is 11.3. The van der Waals surface area contributed by atoms with Gasteiger partial charge in [-0.05, 0) is 31.0 Å². The summed E-state index contributed by atoms with van der Waals surface area (Å²) in [7, 11) is -3.70. The van der Waals surface area contributed by atoms with Crippen LogP contribution in [0, 0.1) is 0 Å². The number of carbonyl (C=O) groups excluding carboxylic acids is 2. The zero-order valence-corrected chi connectivity index (χ0v) is 16.5.